The quantitative estimate of drug-likeness (QED) is 0.716. The van der Waals surface area contributed by atoms with E-state index in [0.29, 0.717) is 6.54 Å². The summed E-state index contributed by atoms with van der Waals surface area (Å²) in [5.41, 5.74) is 0. The minimum Gasteiger partial charge on any atom is -0.393 e. The molecule has 1 saturated carbocycles. The molecule has 0 saturated heterocycles. The summed E-state index contributed by atoms with van der Waals surface area (Å²) >= 11 is 0. The van der Waals surface area contributed by atoms with Crippen LogP contribution in [-0.2, 0) is 14.6 Å². The van der Waals surface area contributed by atoms with E-state index in [1.807, 2.05) is 0 Å². The third kappa shape index (κ3) is 4.94. The van der Waals surface area contributed by atoms with Crippen molar-refractivity contribution in [3.63, 3.8) is 0 Å². The van der Waals surface area contributed by atoms with Crippen LogP contribution in [0.15, 0.2) is 0 Å². The molecule has 0 bridgehead atoms. The summed E-state index contributed by atoms with van der Waals surface area (Å²) in [5.74, 6) is -0.895. The van der Waals surface area contributed by atoms with E-state index in [4.69, 9.17) is 0 Å². The van der Waals surface area contributed by atoms with Gasteiger partial charge in [0.1, 0.15) is 5.75 Å². The van der Waals surface area contributed by atoms with Crippen LogP contribution >= 0.6 is 0 Å². The normalized spacial score (nSPS) is 26.4. The SMILES string of the molecule is CS(=O)(=O)CC(=O)NCC1CCCCC1O. The number of aliphatic hydroxyl groups excluding tert-OH is 1. The average molecular weight is 249 g/mol. The largest absolute Gasteiger partial charge is 0.393 e. The molecule has 1 amide bonds. The van der Waals surface area contributed by atoms with Gasteiger partial charge in [-0.05, 0) is 12.8 Å². The lowest BCUT2D eigenvalue weighted by atomic mass is 9.86. The number of hydrogen-bond donors (Lipinski definition) is 2. The Bertz CT molecular complexity index is 339. The molecule has 0 aromatic carbocycles. The van der Waals surface area contributed by atoms with E-state index in [1.54, 1.807) is 0 Å². The number of carbonyl (C=O) groups excluding carboxylic acids is 1. The highest BCUT2D eigenvalue weighted by Crippen LogP contribution is 2.23. The molecular weight excluding hydrogens is 230 g/mol. The molecule has 6 heteroatoms. The fraction of sp³-hybridized carbons (Fsp3) is 0.900. The van der Waals surface area contributed by atoms with E-state index in [2.05, 4.69) is 5.32 Å². The summed E-state index contributed by atoms with van der Waals surface area (Å²) in [5, 5.41) is 12.2. The lowest BCUT2D eigenvalue weighted by Gasteiger charge is -2.27. The van der Waals surface area contributed by atoms with Gasteiger partial charge in [-0.25, -0.2) is 8.42 Å². The van der Waals surface area contributed by atoms with E-state index in [0.717, 1.165) is 31.9 Å². The first-order valence-electron chi connectivity index (χ1n) is 5.51. The number of rotatable bonds is 4. The van der Waals surface area contributed by atoms with Crippen molar-refractivity contribution < 1.29 is 18.3 Å². The van der Waals surface area contributed by atoms with Crippen molar-refractivity contribution in [3.05, 3.63) is 0 Å². The van der Waals surface area contributed by atoms with E-state index in [9.17, 15) is 18.3 Å². The molecule has 0 aliphatic heterocycles. The standard InChI is InChI=1S/C10H19NO4S/c1-16(14,15)7-10(13)11-6-8-4-2-3-5-9(8)12/h8-9,12H,2-7H2,1H3,(H,11,13). The third-order valence-electron chi connectivity index (χ3n) is 2.82. The second kappa shape index (κ2) is 5.63. The smallest absolute Gasteiger partial charge is 0.235 e. The highest BCUT2D eigenvalue weighted by Gasteiger charge is 2.23. The van der Waals surface area contributed by atoms with E-state index in [1.165, 1.54) is 0 Å². The molecule has 0 aromatic rings. The molecule has 5 nitrogen and oxygen atoms in total. The predicted molar refractivity (Wildman–Crippen MR) is 60.7 cm³/mol. The summed E-state index contributed by atoms with van der Waals surface area (Å²) in [6.45, 7) is 0.371. The van der Waals surface area contributed by atoms with Gasteiger partial charge in [0.25, 0.3) is 0 Å². The average Bonchev–Trinajstić information content (AvgIpc) is 2.14. The fourth-order valence-corrected chi connectivity index (χ4v) is 2.54. The Morgan fingerprint density at radius 1 is 1.38 bits per heavy atom. The second-order valence-electron chi connectivity index (χ2n) is 4.49. The number of sulfone groups is 1. The van der Waals surface area contributed by atoms with Gasteiger partial charge < -0.3 is 10.4 Å². The number of hydrogen-bond acceptors (Lipinski definition) is 4. The molecule has 1 aliphatic carbocycles. The first kappa shape index (κ1) is 13.4. The van der Waals surface area contributed by atoms with Gasteiger partial charge in [-0.15, -0.1) is 0 Å². The maximum Gasteiger partial charge on any atom is 0.235 e. The molecule has 1 aliphatic rings. The molecule has 94 valence electrons. The van der Waals surface area contributed by atoms with Crippen molar-refractivity contribution in [2.24, 2.45) is 5.92 Å². The predicted octanol–water partition coefficient (Wildman–Crippen LogP) is -0.302. The maximum atomic E-state index is 11.2. The van der Waals surface area contributed by atoms with Crippen LogP contribution in [0.2, 0.25) is 0 Å². The molecule has 0 aromatic heterocycles. The number of aliphatic hydroxyl groups is 1. The zero-order chi connectivity index (χ0) is 12.2. The summed E-state index contributed by atoms with van der Waals surface area (Å²) in [6.07, 6.45) is 4.40. The lowest BCUT2D eigenvalue weighted by Crippen LogP contribution is -2.38. The van der Waals surface area contributed by atoms with Crippen molar-refractivity contribution in [1.82, 2.24) is 5.32 Å². The Balaban J connectivity index is 2.31. The van der Waals surface area contributed by atoms with Crippen LogP contribution in [0.25, 0.3) is 0 Å². The van der Waals surface area contributed by atoms with Crippen molar-refractivity contribution in [3.8, 4) is 0 Å². The molecule has 0 spiro atoms. The number of nitrogens with one attached hydrogen (secondary N) is 1. The second-order valence-corrected chi connectivity index (χ2v) is 6.63. The van der Waals surface area contributed by atoms with Crippen molar-refractivity contribution >= 4 is 15.7 Å². The molecule has 16 heavy (non-hydrogen) atoms. The fourth-order valence-electron chi connectivity index (χ4n) is 1.96. The van der Waals surface area contributed by atoms with Crippen molar-refractivity contribution in [1.29, 1.82) is 0 Å². The highest BCUT2D eigenvalue weighted by molar-refractivity contribution is 7.91. The summed E-state index contributed by atoms with van der Waals surface area (Å²) in [6, 6.07) is 0. The minimum absolute atomic E-state index is 0.0669. The molecule has 0 radical (unpaired) electrons. The van der Waals surface area contributed by atoms with Gasteiger partial charge >= 0.3 is 0 Å². The molecule has 1 rings (SSSR count). The van der Waals surface area contributed by atoms with Crippen LogP contribution in [0.1, 0.15) is 25.7 Å². The molecule has 0 heterocycles. The topological polar surface area (TPSA) is 83.5 Å². The van der Waals surface area contributed by atoms with Gasteiger partial charge in [0.05, 0.1) is 6.10 Å². The summed E-state index contributed by atoms with van der Waals surface area (Å²) in [4.78, 5) is 11.2. The third-order valence-corrected chi connectivity index (χ3v) is 3.61. The van der Waals surface area contributed by atoms with Crippen LogP contribution in [0.3, 0.4) is 0 Å². The van der Waals surface area contributed by atoms with E-state index >= 15 is 0 Å². The van der Waals surface area contributed by atoms with Gasteiger partial charge in [0.2, 0.25) is 5.91 Å². The van der Waals surface area contributed by atoms with Crippen LogP contribution < -0.4 is 5.32 Å². The van der Waals surface area contributed by atoms with E-state index in [-0.39, 0.29) is 12.0 Å². The zero-order valence-corrected chi connectivity index (χ0v) is 10.3. The first-order valence-corrected chi connectivity index (χ1v) is 7.57. The van der Waals surface area contributed by atoms with Gasteiger partial charge in [-0.3, -0.25) is 4.79 Å². The van der Waals surface area contributed by atoms with Gasteiger partial charge in [-0.2, -0.15) is 0 Å². The van der Waals surface area contributed by atoms with Crippen LogP contribution in [0, 0.1) is 5.92 Å². The van der Waals surface area contributed by atoms with Gasteiger partial charge in [0.15, 0.2) is 9.84 Å². The van der Waals surface area contributed by atoms with Gasteiger partial charge in [-0.1, -0.05) is 12.8 Å². The zero-order valence-electron chi connectivity index (χ0n) is 9.48. The number of carbonyl (C=O) groups is 1. The first-order chi connectivity index (χ1) is 7.38. The Morgan fingerprint density at radius 3 is 2.56 bits per heavy atom. The monoisotopic (exact) mass is 249 g/mol. The van der Waals surface area contributed by atoms with E-state index < -0.39 is 21.5 Å². The molecule has 2 atom stereocenters. The molecular formula is C10H19NO4S. The van der Waals surface area contributed by atoms with Gasteiger partial charge in [0, 0.05) is 18.7 Å². The van der Waals surface area contributed by atoms with Crippen LogP contribution in [-0.4, -0.2) is 44.1 Å². The summed E-state index contributed by atoms with van der Waals surface area (Å²) in [7, 11) is -3.26. The maximum absolute atomic E-state index is 11.2. The minimum atomic E-state index is -3.26. The Morgan fingerprint density at radius 2 is 2.00 bits per heavy atom. The highest BCUT2D eigenvalue weighted by atomic mass is 32.2. The van der Waals surface area contributed by atoms with Crippen LogP contribution in [0.4, 0.5) is 0 Å². The van der Waals surface area contributed by atoms with Crippen molar-refractivity contribution in [2.45, 2.75) is 31.8 Å². The van der Waals surface area contributed by atoms with Crippen molar-refractivity contribution in [2.75, 3.05) is 18.6 Å². The Hall–Kier alpha value is -0.620. The van der Waals surface area contributed by atoms with Crippen LogP contribution in [0.5, 0.6) is 0 Å². The molecule has 1 fully saturated rings. The summed E-state index contributed by atoms with van der Waals surface area (Å²) < 4.78 is 21.7. The number of amides is 1. The Labute approximate surface area is 96.1 Å². The molecule has 2 N–H and O–H groups in total. The molecule has 2 unspecified atom stereocenters. The lowest BCUT2D eigenvalue weighted by molar-refractivity contribution is -0.119. The Kier molecular flexibility index (Phi) is 4.73.